The molecule has 2 N–H and O–H groups in total. The van der Waals surface area contributed by atoms with Gasteiger partial charge in [-0.05, 0) is 48.9 Å². The molecule has 3 heterocycles. The number of anilines is 3. The summed E-state index contributed by atoms with van der Waals surface area (Å²) in [7, 11) is 0. The highest BCUT2D eigenvalue weighted by molar-refractivity contribution is 7.22. The van der Waals surface area contributed by atoms with Crippen LogP contribution in [0, 0.1) is 6.92 Å². The van der Waals surface area contributed by atoms with E-state index in [4.69, 9.17) is 9.72 Å². The van der Waals surface area contributed by atoms with Crippen LogP contribution in [0.5, 0.6) is 0 Å². The third kappa shape index (κ3) is 3.94. The normalized spacial score (nSPS) is 16.6. The zero-order valence-corrected chi connectivity index (χ0v) is 18.0. The lowest BCUT2D eigenvalue weighted by atomic mass is 10.1. The molecular formula is C22H23N5O3S. The highest BCUT2D eigenvalue weighted by Gasteiger charge is 2.23. The van der Waals surface area contributed by atoms with Crippen LogP contribution < -0.4 is 20.4 Å². The second kappa shape index (κ2) is 8.16. The lowest BCUT2D eigenvalue weighted by Gasteiger charge is -2.25. The SMILES string of the molecule is Cc1cc(C(=O)Nc2ccc3nc(N4CCOCC4)sc3c2)ccc1N1CCNC1=O. The lowest BCUT2D eigenvalue weighted by Crippen LogP contribution is -2.36. The summed E-state index contributed by atoms with van der Waals surface area (Å²) in [5.41, 5.74) is 3.93. The van der Waals surface area contributed by atoms with Gasteiger partial charge in [0, 0.05) is 43.1 Å². The minimum absolute atomic E-state index is 0.102. The summed E-state index contributed by atoms with van der Waals surface area (Å²) in [5.74, 6) is -0.183. The van der Waals surface area contributed by atoms with Crippen LogP contribution in [0.3, 0.4) is 0 Å². The molecule has 31 heavy (non-hydrogen) atoms. The number of hydrogen-bond donors (Lipinski definition) is 2. The molecule has 0 spiro atoms. The van der Waals surface area contributed by atoms with Gasteiger partial charge in [0.1, 0.15) is 0 Å². The number of aryl methyl sites for hydroxylation is 1. The predicted molar refractivity (Wildman–Crippen MR) is 123 cm³/mol. The van der Waals surface area contributed by atoms with Gasteiger partial charge in [0.2, 0.25) is 0 Å². The number of nitrogens with one attached hydrogen (secondary N) is 2. The van der Waals surface area contributed by atoms with Gasteiger partial charge in [-0.2, -0.15) is 0 Å². The van der Waals surface area contributed by atoms with Crippen molar-refractivity contribution in [3.8, 4) is 0 Å². The first kappa shape index (κ1) is 19.8. The van der Waals surface area contributed by atoms with Crippen LogP contribution in [0.25, 0.3) is 10.2 Å². The Hall–Kier alpha value is -3.17. The molecule has 2 aromatic carbocycles. The van der Waals surface area contributed by atoms with Crippen molar-refractivity contribution in [3.05, 3.63) is 47.5 Å². The third-order valence-corrected chi connectivity index (χ3v) is 6.60. The molecular weight excluding hydrogens is 414 g/mol. The molecule has 0 atom stereocenters. The number of thiazole rings is 1. The molecule has 1 aromatic heterocycles. The summed E-state index contributed by atoms with van der Waals surface area (Å²) in [6.45, 7) is 6.31. The number of urea groups is 1. The van der Waals surface area contributed by atoms with Crippen molar-refractivity contribution in [1.29, 1.82) is 0 Å². The van der Waals surface area contributed by atoms with E-state index in [1.165, 1.54) is 0 Å². The second-order valence-corrected chi connectivity index (χ2v) is 8.63. The largest absolute Gasteiger partial charge is 0.378 e. The van der Waals surface area contributed by atoms with Gasteiger partial charge in [-0.25, -0.2) is 9.78 Å². The van der Waals surface area contributed by atoms with Crippen molar-refractivity contribution in [2.45, 2.75) is 6.92 Å². The smallest absolute Gasteiger partial charge is 0.322 e. The third-order valence-electron chi connectivity index (χ3n) is 5.52. The van der Waals surface area contributed by atoms with Gasteiger partial charge in [0.25, 0.3) is 5.91 Å². The Morgan fingerprint density at radius 2 is 2.00 bits per heavy atom. The fourth-order valence-electron chi connectivity index (χ4n) is 3.88. The van der Waals surface area contributed by atoms with Gasteiger partial charge >= 0.3 is 6.03 Å². The Labute approximate surface area is 183 Å². The molecule has 2 saturated heterocycles. The highest BCUT2D eigenvalue weighted by Crippen LogP contribution is 2.31. The maximum Gasteiger partial charge on any atom is 0.322 e. The highest BCUT2D eigenvalue weighted by atomic mass is 32.1. The van der Waals surface area contributed by atoms with Crippen LogP contribution in [0.1, 0.15) is 15.9 Å². The standard InChI is InChI=1S/C22H23N5O3S/c1-14-12-15(2-5-18(14)27-7-6-23-21(27)29)20(28)24-16-3-4-17-19(13-16)31-22(25-17)26-8-10-30-11-9-26/h2-5,12-13H,6-11H2,1H3,(H,23,29)(H,24,28). The summed E-state index contributed by atoms with van der Waals surface area (Å²) in [4.78, 5) is 33.4. The van der Waals surface area contributed by atoms with E-state index >= 15 is 0 Å². The molecule has 0 saturated carbocycles. The summed E-state index contributed by atoms with van der Waals surface area (Å²) in [6.07, 6.45) is 0. The first-order valence-corrected chi connectivity index (χ1v) is 11.1. The number of rotatable bonds is 4. The second-order valence-electron chi connectivity index (χ2n) is 7.62. The monoisotopic (exact) mass is 437 g/mol. The van der Waals surface area contributed by atoms with Crippen molar-refractivity contribution in [1.82, 2.24) is 10.3 Å². The van der Waals surface area contributed by atoms with Crippen molar-refractivity contribution in [3.63, 3.8) is 0 Å². The lowest BCUT2D eigenvalue weighted by molar-refractivity contribution is 0.102. The molecule has 0 aliphatic carbocycles. The van der Waals surface area contributed by atoms with Gasteiger partial charge < -0.3 is 20.3 Å². The number of ether oxygens (including phenoxy) is 1. The number of hydrogen-bond acceptors (Lipinski definition) is 6. The van der Waals surface area contributed by atoms with E-state index in [1.807, 2.05) is 37.3 Å². The first-order valence-electron chi connectivity index (χ1n) is 10.3. The van der Waals surface area contributed by atoms with Crippen LogP contribution in [-0.2, 0) is 4.74 Å². The zero-order chi connectivity index (χ0) is 21.4. The molecule has 9 heteroatoms. The minimum atomic E-state index is -0.183. The summed E-state index contributed by atoms with van der Waals surface area (Å²) in [5, 5.41) is 6.76. The van der Waals surface area contributed by atoms with E-state index in [0.717, 1.165) is 58.6 Å². The van der Waals surface area contributed by atoms with Gasteiger partial charge in [0.15, 0.2) is 5.13 Å². The van der Waals surface area contributed by atoms with Gasteiger partial charge in [-0.15, -0.1) is 0 Å². The number of nitrogens with zero attached hydrogens (tertiary/aromatic N) is 3. The maximum absolute atomic E-state index is 12.8. The first-order chi connectivity index (χ1) is 15.1. The Morgan fingerprint density at radius 1 is 1.16 bits per heavy atom. The number of morpholine rings is 1. The van der Waals surface area contributed by atoms with E-state index in [1.54, 1.807) is 22.3 Å². The van der Waals surface area contributed by atoms with Gasteiger partial charge in [-0.1, -0.05) is 11.3 Å². The number of fused-ring (bicyclic) bond motifs is 1. The van der Waals surface area contributed by atoms with E-state index in [0.29, 0.717) is 18.7 Å². The minimum Gasteiger partial charge on any atom is -0.378 e. The van der Waals surface area contributed by atoms with Crippen molar-refractivity contribution in [2.75, 3.05) is 54.5 Å². The van der Waals surface area contributed by atoms with Crippen LogP contribution in [0.15, 0.2) is 36.4 Å². The van der Waals surface area contributed by atoms with E-state index in [-0.39, 0.29) is 11.9 Å². The molecule has 5 rings (SSSR count). The Bertz CT molecular complexity index is 1160. The average molecular weight is 438 g/mol. The number of carbonyl (C=O) groups is 2. The van der Waals surface area contributed by atoms with Crippen LogP contribution in [-0.4, -0.2) is 56.3 Å². The molecule has 2 fully saturated rings. The van der Waals surface area contributed by atoms with Gasteiger partial charge in [0.05, 0.1) is 23.4 Å². The fourth-order valence-corrected chi connectivity index (χ4v) is 4.94. The molecule has 0 bridgehead atoms. The zero-order valence-electron chi connectivity index (χ0n) is 17.2. The van der Waals surface area contributed by atoms with Crippen molar-refractivity contribution >= 4 is 50.0 Å². The van der Waals surface area contributed by atoms with E-state index in [2.05, 4.69) is 15.5 Å². The molecule has 0 unspecified atom stereocenters. The molecule has 3 aromatic rings. The fraction of sp³-hybridized carbons (Fsp3) is 0.318. The predicted octanol–water partition coefficient (Wildman–Crippen LogP) is 3.22. The maximum atomic E-state index is 12.8. The molecule has 160 valence electrons. The average Bonchev–Trinajstić information content (AvgIpc) is 3.40. The Morgan fingerprint density at radius 3 is 2.74 bits per heavy atom. The topological polar surface area (TPSA) is 86.8 Å². The number of carbonyl (C=O) groups excluding carboxylic acids is 2. The van der Waals surface area contributed by atoms with Crippen LogP contribution in [0.4, 0.5) is 21.3 Å². The van der Waals surface area contributed by atoms with Crippen LogP contribution >= 0.6 is 11.3 Å². The van der Waals surface area contributed by atoms with E-state index < -0.39 is 0 Å². The number of benzene rings is 2. The summed E-state index contributed by atoms with van der Waals surface area (Å²) in [6, 6.07) is 11.1. The number of aromatic nitrogens is 1. The van der Waals surface area contributed by atoms with Crippen LogP contribution in [0.2, 0.25) is 0 Å². The molecule has 3 amide bonds. The quantitative estimate of drug-likeness (QED) is 0.655. The van der Waals surface area contributed by atoms with E-state index in [9.17, 15) is 9.59 Å². The number of amides is 3. The van der Waals surface area contributed by atoms with Crippen molar-refractivity contribution in [2.24, 2.45) is 0 Å². The summed E-state index contributed by atoms with van der Waals surface area (Å²) >= 11 is 1.62. The van der Waals surface area contributed by atoms with Gasteiger partial charge in [-0.3, -0.25) is 9.69 Å². The molecule has 8 nitrogen and oxygen atoms in total. The molecule has 2 aliphatic heterocycles. The summed E-state index contributed by atoms with van der Waals surface area (Å²) < 4.78 is 6.45. The van der Waals surface area contributed by atoms with Crippen molar-refractivity contribution < 1.29 is 14.3 Å². The Balaban J connectivity index is 1.32. The molecule has 2 aliphatic rings. The molecule has 0 radical (unpaired) electrons. The Kier molecular flexibility index (Phi) is 5.21.